The van der Waals surface area contributed by atoms with Crippen molar-refractivity contribution < 1.29 is 9.90 Å². The maximum absolute atomic E-state index is 12.6. The molecule has 7 heteroatoms. The molecule has 3 heterocycles. The number of aliphatic hydroxyl groups excluding tert-OH is 1. The predicted molar refractivity (Wildman–Crippen MR) is 101 cm³/mol. The van der Waals surface area contributed by atoms with Gasteiger partial charge in [0.25, 0.3) is 0 Å². The molecule has 0 aliphatic carbocycles. The van der Waals surface area contributed by atoms with Crippen LogP contribution in [0.15, 0.2) is 0 Å². The molecule has 0 saturated carbocycles. The molecule has 3 aliphatic rings. The maximum atomic E-state index is 12.6. The highest BCUT2D eigenvalue weighted by molar-refractivity contribution is 5.85. The fourth-order valence-corrected chi connectivity index (χ4v) is 4.30. The topological polar surface area (TPSA) is 55.8 Å². The zero-order valence-electron chi connectivity index (χ0n) is 14.7. The Morgan fingerprint density at radius 2 is 1.96 bits per heavy atom. The lowest BCUT2D eigenvalue weighted by Gasteiger charge is -2.40. The van der Waals surface area contributed by atoms with Crippen molar-refractivity contribution in [3.05, 3.63) is 0 Å². The van der Waals surface area contributed by atoms with Crippen LogP contribution < -0.4 is 5.32 Å². The van der Waals surface area contributed by atoms with Gasteiger partial charge in [-0.25, -0.2) is 0 Å². The average Bonchev–Trinajstić information content (AvgIpc) is 2.96. The molecule has 3 rings (SSSR count). The van der Waals surface area contributed by atoms with Crippen LogP contribution in [0.25, 0.3) is 0 Å². The predicted octanol–water partition coefficient (Wildman–Crippen LogP) is 1.67. The molecule has 0 aromatic rings. The number of hydrogen-bond acceptors (Lipinski definition) is 4. The number of likely N-dealkylation sites (tertiary alicyclic amines) is 2. The standard InChI is InChI=1S/C17H31N3O2.2ClH/c1-13-5-2-3-7-19(13)11-14-6-4-8-20(12-14)17(22)16-9-15(21)10-18-16;;/h13-16,18,21H,2-12H2,1H3;2*1H. The number of halogens is 2. The van der Waals surface area contributed by atoms with E-state index in [1.807, 2.05) is 4.90 Å². The van der Waals surface area contributed by atoms with Crippen molar-refractivity contribution in [2.75, 3.05) is 32.7 Å². The van der Waals surface area contributed by atoms with Crippen molar-refractivity contribution in [1.29, 1.82) is 0 Å². The normalized spacial score (nSPS) is 34.3. The minimum absolute atomic E-state index is 0. The zero-order valence-corrected chi connectivity index (χ0v) is 16.3. The lowest BCUT2D eigenvalue weighted by Crippen LogP contribution is -2.50. The van der Waals surface area contributed by atoms with Gasteiger partial charge in [-0.2, -0.15) is 0 Å². The SMILES string of the molecule is CC1CCCCN1CC1CCCN(C(=O)C2CC(O)CN2)C1.Cl.Cl. The van der Waals surface area contributed by atoms with E-state index in [-0.39, 0.29) is 42.9 Å². The van der Waals surface area contributed by atoms with Crippen LogP contribution in [0.3, 0.4) is 0 Å². The minimum atomic E-state index is -0.358. The molecule has 0 spiro atoms. The highest BCUT2D eigenvalue weighted by atomic mass is 35.5. The number of amides is 1. The molecule has 142 valence electrons. The molecule has 0 bridgehead atoms. The first-order valence-corrected chi connectivity index (χ1v) is 9.08. The third-order valence-corrected chi connectivity index (χ3v) is 5.67. The second-order valence-corrected chi connectivity index (χ2v) is 7.48. The number of nitrogens with one attached hydrogen (secondary N) is 1. The molecular formula is C17H33Cl2N3O2. The Kier molecular flexibility index (Phi) is 9.31. The second kappa shape index (κ2) is 10.2. The second-order valence-electron chi connectivity index (χ2n) is 7.48. The van der Waals surface area contributed by atoms with Crippen LogP contribution in [0, 0.1) is 5.92 Å². The van der Waals surface area contributed by atoms with Gasteiger partial charge in [0.1, 0.15) is 0 Å². The lowest BCUT2D eigenvalue weighted by molar-refractivity contribution is -0.135. The van der Waals surface area contributed by atoms with E-state index in [1.165, 1.54) is 32.2 Å². The first kappa shape index (κ1) is 22.0. The van der Waals surface area contributed by atoms with E-state index >= 15 is 0 Å². The van der Waals surface area contributed by atoms with E-state index < -0.39 is 0 Å². The first-order chi connectivity index (χ1) is 10.6. The minimum Gasteiger partial charge on any atom is -0.392 e. The smallest absolute Gasteiger partial charge is 0.239 e. The Labute approximate surface area is 158 Å². The van der Waals surface area contributed by atoms with Crippen LogP contribution >= 0.6 is 24.8 Å². The number of nitrogens with zero attached hydrogens (tertiary/aromatic N) is 2. The van der Waals surface area contributed by atoms with Gasteiger partial charge < -0.3 is 20.2 Å². The number of β-amino-alcohol motifs (C(OH)–C–C–N with tert-alkyl or cyclic N) is 1. The summed E-state index contributed by atoms with van der Waals surface area (Å²) >= 11 is 0. The highest BCUT2D eigenvalue weighted by Gasteiger charge is 2.34. The molecule has 3 fully saturated rings. The highest BCUT2D eigenvalue weighted by Crippen LogP contribution is 2.23. The van der Waals surface area contributed by atoms with E-state index in [0.717, 1.165) is 26.1 Å². The molecule has 0 aromatic carbocycles. The molecule has 4 atom stereocenters. The number of carbonyl (C=O) groups excluding carboxylic acids is 1. The third kappa shape index (κ3) is 5.46. The Morgan fingerprint density at radius 1 is 1.17 bits per heavy atom. The molecule has 0 aromatic heterocycles. The fourth-order valence-electron chi connectivity index (χ4n) is 4.30. The number of aliphatic hydroxyl groups is 1. The summed E-state index contributed by atoms with van der Waals surface area (Å²) in [6.45, 7) is 7.05. The summed E-state index contributed by atoms with van der Waals surface area (Å²) < 4.78 is 0. The summed E-state index contributed by atoms with van der Waals surface area (Å²) in [5.74, 6) is 0.817. The van der Waals surface area contributed by atoms with Gasteiger partial charge >= 0.3 is 0 Å². The van der Waals surface area contributed by atoms with Crippen molar-refractivity contribution >= 4 is 30.7 Å². The summed E-state index contributed by atoms with van der Waals surface area (Å²) in [6, 6.07) is 0.536. The van der Waals surface area contributed by atoms with Gasteiger partial charge in [0.05, 0.1) is 12.1 Å². The van der Waals surface area contributed by atoms with Crippen molar-refractivity contribution in [2.45, 2.75) is 63.6 Å². The van der Waals surface area contributed by atoms with Crippen molar-refractivity contribution in [3.63, 3.8) is 0 Å². The summed E-state index contributed by atoms with van der Waals surface area (Å²) in [6.07, 6.45) is 6.58. The number of piperidine rings is 2. The Bertz CT molecular complexity index is 400. The molecule has 3 saturated heterocycles. The van der Waals surface area contributed by atoms with Crippen LogP contribution in [0.1, 0.15) is 45.4 Å². The van der Waals surface area contributed by atoms with Gasteiger partial charge in [0, 0.05) is 32.2 Å². The molecular weight excluding hydrogens is 349 g/mol. The monoisotopic (exact) mass is 381 g/mol. The summed E-state index contributed by atoms with van der Waals surface area (Å²) in [5, 5.41) is 12.8. The number of rotatable bonds is 3. The Hall–Kier alpha value is -0.0700. The van der Waals surface area contributed by atoms with Crippen LogP contribution in [0.2, 0.25) is 0 Å². The quantitative estimate of drug-likeness (QED) is 0.780. The van der Waals surface area contributed by atoms with E-state index in [0.29, 0.717) is 24.9 Å². The summed E-state index contributed by atoms with van der Waals surface area (Å²) in [4.78, 5) is 17.3. The first-order valence-electron chi connectivity index (χ1n) is 9.08. The van der Waals surface area contributed by atoms with Gasteiger partial charge in [0.2, 0.25) is 5.91 Å². The largest absolute Gasteiger partial charge is 0.392 e. The van der Waals surface area contributed by atoms with E-state index in [9.17, 15) is 9.90 Å². The van der Waals surface area contributed by atoms with Crippen LogP contribution in [0.4, 0.5) is 0 Å². The van der Waals surface area contributed by atoms with Crippen molar-refractivity contribution in [3.8, 4) is 0 Å². The molecule has 3 aliphatic heterocycles. The molecule has 0 radical (unpaired) electrons. The average molecular weight is 382 g/mol. The Morgan fingerprint density at radius 3 is 2.62 bits per heavy atom. The van der Waals surface area contributed by atoms with Crippen LogP contribution in [-0.2, 0) is 4.79 Å². The molecule has 2 N–H and O–H groups in total. The zero-order chi connectivity index (χ0) is 15.5. The third-order valence-electron chi connectivity index (χ3n) is 5.67. The van der Waals surface area contributed by atoms with E-state index in [4.69, 9.17) is 0 Å². The van der Waals surface area contributed by atoms with Crippen LogP contribution in [-0.4, -0.2) is 71.7 Å². The van der Waals surface area contributed by atoms with Crippen molar-refractivity contribution in [2.24, 2.45) is 5.92 Å². The van der Waals surface area contributed by atoms with Gasteiger partial charge in [0.15, 0.2) is 0 Å². The van der Waals surface area contributed by atoms with Crippen molar-refractivity contribution in [1.82, 2.24) is 15.1 Å². The molecule has 5 nitrogen and oxygen atoms in total. The van der Waals surface area contributed by atoms with E-state index in [1.54, 1.807) is 0 Å². The van der Waals surface area contributed by atoms with Gasteiger partial charge in [-0.1, -0.05) is 6.42 Å². The molecule has 4 unspecified atom stereocenters. The number of hydrogen-bond donors (Lipinski definition) is 2. The molecule has 24 heavy (non-hydrogen) atoms. The van der Waals surface area contributed by atoms with Gasteiger partial charge in [-0.05, 0) is 51.5 Å². The maximum Gasteiger partial charge on any atom is 0.239 e. The van der Waals surface area contributed by atoms with Gasteiger partial charge in [-0.3, -0.25) is 4.79 Å². The summed E-state index contributed by atoms with van der Waals surface area (Å²) in [7, 11) is 0. The van der Waals surface area contributed by atoms with E-state index in [2.05, 4.69) is 17.1 Å². The molecule has 1 amide bonds. The van der Waals surface area contributed by atoms with Gasteiger partial charge in [-0.15, -0.1) is 24.8 Å². The van der Waals surface area contributed by atoms with Crippen LogP contribution in [0.5, 0.6) is 0 Å². The Balaban J connectivity index is 0.00000144. The number of carbonyl (C=O) groups is 1. The fraction of sp³-hybridized carbons (Fsp3) is 0.941. The lowest BCUT2D eigenvalue weighted by atomic mass is 9.94. The summed E-state index contributed by atoms with van der Waals surface area (Å²) in [5.41, 5.74) is 0.